The average molecular weight is 280 g/mol. The number of hydrogen-bond acceptors (Lipinski definition) is 4. The van der Waals surface area contributed by atoms with Crippen LogP contribution in [0.4, 0.5) is 5.69 Å². The number of aryl methyl sites for hydroxylation is 2. The predicted octanol–water partition coefficient (Wildman–Crippen LogP) is 0.609. The van der Waals surface area contributed by atoms with E-state index in [0.29, 0.717) is 12.3 Å². The third kappa shape index (κ3) is 3.16. The zero-order valence-corrected chi connectivity index (χ0v) is 11.8. The maximum atomic E-state index is 11.9. The van der Waals surface area contributed by atoms with Gasteiger partial charge in [-0.1, -0.05) is 0 Å². The summed E-state index contributed by atoms with van der Waals surface area (Å²) in [7, 11) is 1.88. The molecule has 1 amide bonds. The molecule has 7 nitrogen and oxygen atoms in total. The largest absolute Gasteiger partial charge is 0.481 e. The summed E-state index contributed by atoms with van der Waals surface area (Å²) >= 11 is 0. The highest BCUT2D eigenvalue weighted by molar-refractivity contribution is 5.92. The molecule has 2 heterocycles. The van der Waals surface area contributed by atoms with Gasteiger partial charge in [-0.15, -0.1) is 0 Å². The first-order chi connectivity index (χ1) is 9.49. The number of hydrogen-bond donors (Lipinski definition) is 3. The van der Waals surface area contributed by atoms with Crippen molar-refractivity contribution in [3.63, 3.8) is 0 Å². The quantitative estimate of drug-likeness (QED) is 0.709. The van der Waals surface area contributed by atoms with Gasteiger partial charge in [0.1, 0.15) is 0 Å². The molecule has 7 heteroatoms. The van der Waals surface area contributed by atoms with E-state index in [0.717, 1.165) is 30.2 Å². The van der Waals surface area contributed by atoms with Crippen molar-refractivity contribution in [3.05, 3.63) is 11.4 Å². The number of amides is 1. The smallest absolute Gasteiger partial charge is 0.303 e. The second-order valence-corrected chi connectivity index (χ2v) is 5.12. The van der Waals surface area contributed by atoms with Crippen molar-refractivity contribution in [1.29, 1.82) is 0 Å². The zero-order valence-electron chi connectivity index (χ0n) is 11.8. The minimum atomic E-state index is -0.878. The molecule has 1 aliphatic heterocycles. The Balaban J connectivity index is 2.01. The van der Waals surface area contributed by atoms with Gasteiger partial charge in [-0.2, -0.15) is 5.10 Å². The van der Waals surface area contributed by atoms with E-state index < -0.39 is 5.97 Å². The summed E-state index contributed by atoms with van der Waals surface area (Å²) in [5, 5.41) is 19.0. The van der Waals surface area contributed by atoms with E-state index in [1.54, 1.807) is 0 Å². The fraction of sp³-hybridized carbons (Fsp3) is 0.615. The molecule has 0 spiro atoms. The van der Waals surface area contributed by atoms with Crippen LogP contribution in [0.15, 0.2) is 0 Å². The standard InChI is InChI=1S/C13H20N4O3/c1-8-12(15-10(18)4-3-5-11(19)20)13(17(2)16-8)9-6-14-7-9/h9,14H,3-7H2,1-2H3,(H,15,18)(H,19,20). The third-order valence-corrected chi connectivity index (χ3v) is 3.49. The van der Waals surface area contributed by atoms with Gasteiger partial charge in [0, 0.05) is 38.9 Å². The molecule has 0 radical (unpaired) electrons. The number of carbonyl (C=O) groups is 2. The van der Waals surface area contributed by atoms with Gasteiger partial charge in [0.15, 0.2) is 0 Å². The Morgan fingerprint density at radius 1 is 1.45 bits per heavy atom. The molecule has 0 saturated carbocycles. The van der Waals surface area contributed by atoms with Crippen LogP contribution >= 0.6 is 0 Å². The summed E-state index contributed by atoms with van der Waals surface area (Å²) in [5.41, 5.74) is 2.60. The number of carbonyl (C=O) groups excluding carboxylic acids is 1. The molecule has 110 valence electrons. The highest BCUT2D eigenvalue weighted by Gasteiger charge is 2.27. The highest BCUT2D eigenvalue weighted by Crippen LogP contribution is 2.29. The Bertz CT molecular complexity index is 520. The van der Waals surface area contributed by atoms with E-state index >= 15 is 0 Å². The van der Waals surface area contributed by atoms with Crippen molar-refractivity contribution < 1.29 is 14.7 Å². The molecule has 0 aliphatic carbocycles. The van der Waals surface area contributed by atoms with Gasteiger partial charge in [-0.3, -0.25) is 14.3 Å². The SMILES string of the molecule is Cc1nn(C)c(C2CNC2)c1NC(=O)CCCC(=O)O. The molecule has 1 saturated heterocycles. The Morgan fingerprint density at radius 3 is 2.70 bits per heavy atom. The summed E-state index contributed by atoms with van der Waals surface area (Å²) in [6.45, 7) is 3.64. The maximum Gasteiger partial charge on any atom is 0.303 e. The van der Waals surface area contributed by atoms with Gasteiger partial charge in [0.05, 0.1) is 17.1 Å². The lowest BCUT2D eigenvalue weighted by Gasteiger charge is -2.28. The average Bonchev–Trinajstić information content (AvgIpc) is 2.54. The number of nitrogens with one attached hydrogen (secondary N) is 2. The Hall–Kier alpha value is -1.89. The number of carboxylic acids is 1. The zero-order chi connectivity index (χ0) is 14.7. The van der Waals surface area contributed by atoms with Crippen LogP contribution in [0.25, 0.3) is 0 Å². The topological polar surface area (TPSA) is 96.3 Å². The lowest BCUT2D eigenvalue weighted by Crippen LogP contribution is -2.41. The molecule has 1 aromatic rings. The molecular weight excluding hydrogens is 260 g/mol. The summed E-state index contributed by atoms with van der Waals surface area (Å²) in [5.74, 6) is -0.664. The molecule has 1 fully saturated rings. The molecular formula is C13H20N4O3. The summed E-state index contributed by atoms with van der Waals surface area (Å²) in [4.78, 5) is 22.3. The summed E-state index contributed by atoms with van der Waals surface area (Å²) in [6, 6.07) is 0. The van der Waals surface area contributed by atoms with Crippen LogP contribution < -0.4 is 10.6 Å². The maximum absolute atomic E-state index is 11.9. The second-order valence-electron chi connectivity index (χ2n) is 5.12. The number of anilines is 1. The van der Waals surface area contributed by atoms with E-state index in [1.807, 2.05) is 18.7 Å². The molecule has 3 N–H and O–H groups in total. The van der Waals surface area contributed by atoms with Gasteiger partial charge >= 0.3 is 5.97 Å². The van der Waals surface area contributed by atoms with Crippen molar-refractivity contribution in [3.8, 4) is 0 Å². The molecule has 20 heavy (non-hydrogen) atoms. The lowest BCUT2D eigenvalue weighted by molar-refractivity contribution is -0.137. The first kappa shape index (κ1) is 14.5. The minimum Gasteiger partial charge on any atom is -0.481 e. The van der Waals surface area contributed by atoms with E-state index in [9.17, 15) is 9.59 Å². The molecule has 2 rings (SSSR count). The van der Waals surface area contributed by atoms with Crippen molar-refractivity contribution in [2.24, 2.45) is 7.05 Å². The highest BCUT2D eigenvalue weighted by atomic mass is 16.4. The normalized spacial score (nSPS) is 14.9. The number of aromatic nitrogens is 2. The number of rotatable bonds is 6. The van der Waals surface area contributed by atoms with Gasteiger partial charge in [-0.25, -0.2) is 0 Å². The fourth-order valence-corrected chi connectivity index (χ4v) is 2.38. The molecule has 0 aromatic carbocycles. The van der Waals surface area contributed by atoms with Crippen LogP contribution in [-0.2, 0) is 16.6 Å². The van der Waals surface area contributed by atoms with Crippen LogP contribution in [0.3, 0.4) is 0 Å². The molecule has 1 aliphatic rings. The van der Waals surface area contributed by atoms with Gasteiger partial charge in [0.25, 0.3) is 0 Å². The first-order valence-corrected chi connectivity index (χ1v) is 6.75. The van der Waals surface area contributed by atoms with E-state index in [-0.39, 0.29) is 18.7 Å². The van der Waals surface area contributed by atoms with Gasteiger partial charge < -0.3 is 15.7 Å². The van der Waals surface area contributed by atoms with Crippen molar-refractivity contribution >= 4 is 17.6 Å². The fourth-order valence-electron chi connectivity index (χ4n) is 2.38. The number of aliphatic carboxylic acids is 1. The first-order valence-electron chi connectivity index (χ1n) is 6.75. The Morgan fingerprint density at radius 2 is 2.15 bits per heavy atom. The van der Waals surface area contributed by atoms with Crippen molar-refractivity contribution in [1.82, 2.24) is 15.1 Å². The van der Waals surface area contributed by atoms with E-state index in [4.69, 9.17) is 5.11 Å². The Kier molecular flexibility index (Phi) is 4.39. The molecule has 0 unspecified atom stereocenters. The van der Waals surface area contributed by atoms with Crippen LogP contribution in [0.2, 0.25) is 0 Å². The number of carboxylic acid groups (broad SMARTS) is 1. The van der Waals surface area contributed by atoms with Crippen molar-refractivity contribution in [2.45, 2.75) is 32.1 Å². The minimum absolute atomic E-state index is 0.0127. The molecule has 1 aromatic heterocycles. The number of nitrogens with zero attached hydrogens (tertiary/aromatic N) is 2. The second kappa shape index (κ2) is 6.04. The van der Waals surface area contributed by atoms with E-state index in [1.165, 1.54) is 0 Å². The Labute approximate surface area is 117 Å². The van der Waals surface area contributed by atoms with E-state index in [2.05, 4.69) is 15.7 Å². The summed E-state index contributed by atoms with van der Waals surface area (Å²) < 4.78 is 1.81. The predicted molar refractivity (Wildman–Crippen MR) is 73.7 cm³/mol. The van der Waals surface area contributed by atoms with Gasteiger partial charge in [-0.05, 0) is 13.3 Å². The van der Waals surface area contributed by atoms with Crippen LogP contribution in [-0.4, -0.2) is 39.9 Å². The van der Waals surface area contributed by atoms with Crippen LogP contribution in [0.5, 0.6) is 0 Å². The third-order valence-electron chi connectivity index (χ3n) is 3.49. The molecule has 0 atom stereocenters. The lowest BCUT2D eigenvalue weighted by atomic mass is 9.97. The van der Waals surface area contributed by atoms with Gasteiger partial charge in [0.2, 0.25) is 5.91 Å². The van der Waals surface area contributed by atoms with Crippen molar-refractivity contribution in [2.75, 3.05) is 18.4 Å². The monoisotopic (exact) mass is 280 g/mol. The summed E-state index contributed by atoms with van der Waals surface area (Å²) in [6.07, 6.45) is 0.572. The molecule has 0 bridgehead atoms. The van der Waals surface area contributed by atoms with Crippen LogP contribution in [0.1, 0.15) is 36.6 Å². The van der Waals surface area contributed by atoms with Crippen LogP contribution in [0, 0.1) is 6.92 Å².